The van der Waals surface area contributed by atoms with E-state index in [1.54, 1.807) is 0 Å². The Kier molecular flexibility index (Phi) is 7.68. The fourth-order valence-corrected chi connectivity index (χ4v) is 4.42. The molecule has 3 aromatic carbocycles. The van der Waals surface area contributed by atoms with Crippen LogP contribution in [0.25, 0.3) is 11.3 Å². The molecule has 6 nitrogen and oxygen atoms in total. The van der Waals surface area contributed by atoms with Crippen LogP contribution in [-0.2, 0) is 22.4 Å². The van der Waals surface area contributed by atoms with Crippen molar-refractivity contribution in [2.75, 3.05) is 31.3 Å². The number of aryl methyl sites for hydroxylation is 1. The monoisotopic (exact) mass is 533 g/mol. The molecule has 3 aromatic rings. The minimum absolute atomic E-state index is 0.0501. The molecule has 0 spiro atoms. The quantitative estimate of drug-likeness (QED) is 0.316. The number of hydrogen-bond acceptors (Lipinski definition) is 4. The number of carboxylic acid groups (broad SMARTS) is 1. The molecule has 0 bridgehead atoms. The molecular weight excluding hydrogens is 506 g/mol. The van der Waals surface area contributed by atoms with Gasteiger partial charge in [0.2, 0.25) is 0 Å². The molecule has 0 radical (unpaired) electrons. The molecule has 0 saturated carbocycles. The van der Waals surface area contributed by atoms with Gasteiger partial charge in [-0.1, -0.05) is 52.3 Å². The third-order valence-corrected chi connectivity index (χ3v) is 6.38. The van der Waals surface area contributed by atoms with Crippen molar-refractivity contribution in [1.29, 1.82) is 0 Å². The summed E-state index contributed by atoms with van der Waals surface area (Å²) in [5.74, 6) is -1.02. The summed E-state index contributed by atoms with van der Waals surface area (Å²) in [6.45, 7) is 0.970. The Morgan fingerprint density at radius 2 is 1.77 bits per heavy atom. The van der Waals surface area contributed by atoms with E-state index in [9.17, 15) is 9.59 Å². The first-order valence-electron chi connectivity index (χ1n) is 11.5. The fraction of sp³-hybridized carbons (Fsp3) is 0.214. The molecule has 0 unspecified atom stereocenters. The second kappa shape index (κ2) is 10.9. The number of nitrogens with zero attached hydrogens (tertiary/aromatic N) is 1. The third-order valence-electron chi connectivity index (χ3n) is 5.89. The molecule has 1 aliphatic rings. The van der Waals surface area contributed by atoms with Crippen LogP contribution >= 0.6 is 15.9 Å². The van der Waals surface area contributed by atoms with E-state index in [-0.39, 0.29) is 12.3 Å². The molecule has 7 heteroatoms. The van der Waals surface area contributed by atoms with Gasteiger partial charge < -0.3 is 20.6 Å². The van der Waals surface area contributed by atoms with Gasteiger partial charge in [-0.2, -0.15) is 0 Å². The molecule has 0 aromatic heterocycles. The van der Waals surface area contributed by atoms with Crippen LogP contribution < -0.4 is 10.6 Å². The van der Waals surface area contributed by atoms with Gasteiger partial charge in [-0.15, -0.1) is 0 Å². The number of rotatable bonds is 9. The van der Waals surface area contributed by atoms with E-state index < -0.39 is 5.97 Å². The van der Waals surface area contributed by atoms with Crippen LogP contribution in [0, 0.1) is 0 Å². The normalized spacial score (nSPS) is 14.0. The first-order valence-corrected chi connectivity index (χ1v) is 12.3. The van der Waals surface area contributed by atoms with E-state index >= 15 is 0 Å². The van der Waals surface area contributed by atoms with E-state index in [1.165, 1.54) is 5.56 Å². The predicted molar refractivity (Wildman–Crippen MR) is 144 cm³/mol. The van der Waals surface area contributed by atoms with E-state index in [2.05, 4.69) is 57.7 Å². The lowest BCUT2D eigenvalue weighted by molar-refractivity contribution is -0.137. The average molecular weight is 534 g/mol. The number of benzene rings is 3. The summed E-state index contributed by atoms with van der Waals surface area (Å²) < 4.78 is 0.885. The number of fused-ring (bicyclic) bond motifs is 1. The molecule has 1 heterocycles. The standard InChI is InChI=1S/C28H28BrN3O3/c1-32(2)15-14-18-6-10-22(11-7-18)30-27(20-5-3-4-19(16-20)8-13-25(33)34)26-23-12-9-21(29)17-24(23)31-28(26)35/h3-7,9-12,16-17,30H,8,13-15H2,1-2H3,(H,31,35)(H,33,34). The highest BCUT2D eigenvalue weighted by Crippen LogP contribution is 2.39. The first-order chi connectivity index (χ1) is 16.8. The number of amides is 1. The topological polar surface area (TPSA) is 81.7 Å². The Balaban J connectivity index is 1.75. The average Bonchev–Trinajstić information content (AvgIpc) is 3.15. The van der Waals surface area contributed by atoms with E-state index in [0.29, 0.717) is 17.7 Å². The Morgan fingerprint density at radius 3 is 2.49 bits per heavy atom. The first kappa shape index (κ1) is 24.7. The van der Waals surface area contributed by atoms with Crippen molar-refractivity contribution in [3.05, 3.63) is 93.5 Å². The highest BCUT2D eigenvalue weighted by molar-refractivity contribution is 9.10. The molecule has 0 saturated heterocycles. The Hall–Kier alpha value is -3.42. The molecule has 3 N–H and O–H groups in total. The van der Waals surface area contributed by atoms with Crippen LogP contribution in [0.1, 0.15) is 28.7 Å². The van der Waals surface area contributed by atoms with Crippen LogP contribution in [0.4, 0.5) is 11.4 Å². The lowest BCUT2D eigenvalue weighted by atomic mass is 9.97. The molecule has 0 aliphatic carbocycles. The number of likely N-dealkylation sites (N-methyl/N-ethyl adjacent to an activating group) is 1. The summed E-state index contributed by atoms with van der Waals surface area (Å²) in [5, 5.41) is 15.6. The van der Waals surface area contributed by atoms with Crippen molar-refractivity contribution in [2.45, 2.75) is 19.3 Å². The molecular formula is C28H28BrN3O3. The zero-order chi connectivity index (χ0) is 24.9. The molecule has 35 heavy (non-hydrogen) atoms. The lowest BCUT2D eigenvalue weighted by Gasteiger charge is -2.16. The Bertz CT molecular complexity index is 1280. The van der Waals surface area contributed by atoms with Crippen molar-refractivity contribution < 1.29 is 14.7 Å². The number of carbonyl (C=O) groups excluding carboxylic acids is 1. The zero-order valence-electron chi connectivity index (χ0n) is 19.8. The number of aliphatic carboxylic acids is 1. The number of hydrogen-bond donors (Lipinski definition) is 3. The van der Waals surface area contributed by atoms with Gasteiger partial charge in [-0.05, 0) is 74.0 Å². The van der Waals surface area contributed by atoms with Gasteiger partial charge in [-0.25, -0.2) is 0 Å². The van der Waals surface area contributed by atoms with E-state index in [1.807, 2.05) is 54.6 Å². The van der Waals surface area contributed by atoms with Crippen LogP contribution in [0.15, 0.2) is 71.2 Å². The van der Waals surface area contributed by atoms with Crippen molar-refractivity contribution >= 4 is 50.5 Å². The maximum Gasteiger partial charge on any atom is 0.303 e. The summed E-state index contributed by atoms with van der Waals surface area (Å²) >= 11 is 3.47. The number of carbonyl (C=O) groups is 2. The van der Waals surface area contributed by atoms with Gasteiger partial charge in [0.25, 0.3) is 5.91 Å². The molecule has 180 valence electrons. The van der Waals surface area contributed by atoms with Gasteiger partial charge >= 0.3 is 5.97 Å². The van der Waals surface area contributed by atoms with Gasteiger partial charge in [0, 0.05) is 28.7 Å². The summed E-state index contributed by atoms with van der Waals surface area (Å²) in [7, 11) is 4.12. The van der Waals surface area contributed by atoms with Crippen LogP contribution in [0.3, 0.4) is 0 Å². The largest absolute Gasteiger partial charge is 0.481 e. The second-order valence-electron chi connectivity index (χ2n) is 8.86. The minimum atomic E-state index is -0.837. The van der Waals surface area contributed by atoms with Crippen LogP contribution in [-0.4, -0.2) is 42.5 Å². The van der Waals surface area contributed by atoms with Crippen molar-refractivity contribution in [3.8, 4) is 0 Å². The summed E-state index contributed by atoms with van der Waals surface area (Å²) in [4.78, 5) is 26.4. The molecule has 4 rings (SSSR count). The van der Waals surface area contributed by atoms with Gasteiger partial charge in [0.15, 0.2) is 0 Å². The molecule has 0 fully saturated rings. The summed E-state index contributed by atoms with van der Waals surface area (Å²) in [6.07, 6.45) is 1.42. The smallest absolute Gasteiger partial charge is 0.303 e. The maximum absolute atomic E-state index is 13.1. The number of carboxylic acids is 1. The lowest BCUT2D eigenvalue weighted by Crippen LogP contribution is -2.15. The molecule has 0 atom stereocenters. The SMILES string of the molecule is CN(C)CCc1ccc(NC(=C2C(=O)Nc3cc(Br)ccc32)c2cccc(CCC(=O)O)c2)cc1. The summed E-state index contributed by atoms with van der Waals surface area (Å²) in [6, 6.07) is 21.7. The maximum atomic E-state index is 13.1. The third kappa shape index (κ3) is 6.18. The van der Waals surface area contributed by atoms with Gasteiger partial charge in [-0.3, -0.25) is 9.59 Å². The van der Waals surface area contributed by atoms with Crippen molar-refractivity contribution in [2.24, 2.45) is 0 Å². The number of anilines is 2. The summed E-state index contributed by atoms with van der Waals surface area (Å²) in [5.41, 5.74) is 6.64. The van der Waals surface area contributed by atoms with Gasteiger partial charge in [0.05, 0.1) is 17.0 Å². The highest BCUT2D eigenvalue weighted by Gasteiger charge is 2.28. The zero-order valence-corrected chi connectivity index (χ0v) is 21.4. The highest BCUT2D eigenvalue weighted by atomic mass is 79.9. The predicted octanol–water partition coefficient (Wildman–Crippen LogP) is 5.50. The van der Waals surface area contributed by atoms with E-state index in [0.717, 1.165) is 45.5 Å². The molecule has 1 aliphatic heterocycles. The van der Waals surface area contributed by atoms with Gasteiger partial charge in [0.1, 0.15) is 0 Å². The van der Waals surface area contributed by atoms with Crippen LogP contribution in [0.2, 0.25) is 0 Å². The number of halogens is 1. The van der Waals surface area contributed by atoms with Crippen molar-refractivity contribution in [1.82, 2.24) is 4.90 Å². The minimum Gasteiger partial charge on any atom is -0.481 e. The van der Waals surface area contributed by atoms with E-state index in [4.69, 9.17) is 5.11 Å². The fourth-order valence-electron chi connectivity index (χ4n) is 4.06. The molecule has 1 amide bonds. The Morgan fingerprint density at radius 1 is 1.00 bits per heavy atom. The second-order valence-corrected chi connectivity index (χ2v) is 9.78. The van der Waals surface area contributed by atoms with Crippen molar-refractivity contribution in [3.63, 3.8) is 0 Å². The Labute approximate surface area is 213 Å². The van der Waals surface area contributed by atoms with Crippen LogP contribution in [0.5, 0.6) is 0 Å². The number of nitrogens with one attached hydrogen (secondary N) is 2.